The lowest BCUT2D eigenvalue weighted by Crippen LogP contribution is -2.29. The quantitative estimate of drug-likeness (QED) is 0.846. The van der Waals surface area contributed by atoms with E-state index in [1.807, 2.05) is 23.9 Å². The molecule has 6 nitrogen and oxygen atoms in total. The number of hydrogen-bond acceptors (Lipinski definition) is 5. The Morgan fingerprint density at radius 2 is 2.32 bits per heavy atom. The zero-order valence-electron chi connectivity index (χ0n) is 10.9. The van der Waals surface area contributed by atoms with Crippen molar-refractivity contribution in [2.45, 2.75) is 6.04 Å². The van der Waals surface area contributed by atoms with Crippen LogP contribution in [0.5, 0.6) is 0 Å². The molecule has 1 unspecified atom stereocenters. The summed E-state index contributed by atoms with van der Waals surface area (Å²) in [7, 11) is -1.10. The minimum absolute atomic E-state index is 0.0780. The van der Waals surface area contributed by atoms with E-state index in [2.05, 4.69) is 10.3 Å². The van der Waals surface area contributed by atoms with Gasteiger partial charge in [0.2, 0.25) is 0 Å². The molecule has 2 rings (SSSR count). The molecule has 0 saturated heterocycles. The normalized spacial score (nSPS) is 13.6. The first-order valence-electron chi connectivity index (χ1n) is 5.89. The van der Waals surface area contributed by atoms with E-state index in [0.29, 0.717) is 12.3 Å². The minimum Gasteiger partial charge on any atom is -0.467 e. The lowest BCUT2D eigenvalue weighted by atomic mass is 10.2. The molecule has 0 aromatic carbocycles. The number of furan rings is 1. The average molecular weight is 283 g/mol. The smallest absolute Gasteiger partial charge is 0.148 e. The summed E-state index contributed by atoms with van der Waals surface area (Å²) in [5.74, 6) is 1.57. The molecule has 104 valence electrons. The highest BCUT2D eigenvalue weighted by molar-refractivity contribution is 7.90. The van der Waals surface area contributed by atoms with E-state index < -0.39 is 9.84 Å². The van der Waals surface area contributed by atoms with Crippen LogP contribution in [0.4, 0.5) is 0 Å². The van der Waals surface area contributed by atoms with E-state index >= 15 is 0 Å². The molecular formula is C12H17N3O3S. The predicted molar refractivity (Wildman–Crippen MR) is 71.5 cm³/mol. The number of sulfone groups is 1. The second-order valence-electron chi connectivity index (χ2n) is 4.43. The van der Waals surface area contributed by atoms with E-state index in [9.17, 15) is 8.42 Å². The summed E-state index contributed by atoms with van der Waals surface area (Å²) in [5, 5.41) is 3.17. The summed E-state index contributed by atoms with van der Waals surface area (Å²) >= 11 is 0. The lowest BCUT2D eigenvalue weighted by Gasteiger charge is -2.16. The molecule has 19 heavy (non-hydrogen) atoms. The van der Waals surface area contributed by atoms with E-state index in [-0.39, 0.29) is 11.8 Å². The van der Waals surface area contributed by atoms with Crippen molar-refractivity contribution in [1.82, 2.24) is 14.9 Å². The van der Waals surface area contributed by atoms with Gasteiger partial charge in [0.25, 0.3) is 0 Å². The molecule has 2 aromatic rings. The van der Waals surface area contributed by atoms with Gasteiger partial charge in [0.05, 0.1) is 12.0 Å². The Balaban J connectivity index is 2.15. The summed E-state index contributed by atoms with van der Waals surface area (Å²) in [4.78, 5) is 4.28. The molecule has 2 heterocycles. The Kier molecular flexibility index (Phi) is 4.06. The largest absolute Gasteiger partial charge is 0.467 e. The van der Waals surface area contributed by atoms with Crippen LogP contribution in [-0.2, 0) is 16.9 Å². The summed E-state index contributed by atoms with van der Waals surface area (Å²) < 4.78 is 29.6. The zero-order chi connectivity index (χ0) is 13.9. The molecule has 0 aliphatic carbocycles. The van der Waals surface area contributed by atoms with Crippen LogP contribution in [0, 0.1) is 0 Å². The summed E-state index contributed by atoms with van der Waals surface area (Å²) in [6.07, 6.45) is 6.34. The minimum atomic E-state index is -2.99. The lowest BCUT2D eigenvalue weighted by molar-refractivity contribution is 0.435. The summed E-state index contributed by atoms with van der Waals surface area (Å²) in [6, 6.07) is 3.38. The first-order chi connectivity index (χ1) is 8.97. The van der Waals surface area contributed by atoms with Gasteiger partial charge in [0.15, 0.2) is 0 Å². The van der Waals surface area contributed by atoms with Gasteiger partial charge in [-0.25, -0.2) is 13.4 Å². The third-order valence-electron chi connectivity index (χ3n) is 2.77. The zero-order valence-corrected chi connectivity index (χ0v) is 11.7. The predicted octanol–water partition coefficient (Wildman–Crippen LogP) is 0.737. The maximum Gasteiger partial charge on any atom is 0.148 e. The molecule has 0 saturated carbocycles. The van der Waals surface area contributed by atoms with Crippen molar-refractivity contribution in [2.24, 2.45) is 7.05 Å². The van der Waals surface area contributed by atoms with Crippen LogP contribution in [-0.4, -0.2) is 36.5 Å². The van der Waals surface area contributed by atoms with Crippen LogP contribution >= 0.6 is 0 Å². The molecule has 0 spiro atoms. The van der Waals surface area contributed by atoms with E-state index in [0.717, 1.165) is 5.82 Å². The number of nitrogens with zero attached hydrogens (tertiary/aromatic N) is 2. The number of rotatable bonds is 6. The highest BCUT2D eigenvalue weighted by Gasteiger charge is 2.20. The molecule has 0 amide bonds. The molecule has 7 heteroatoms. The summed E-state index contributed by atoms with van der Waals surface area (Å²) in [5.41, 5.74) is 0. The van der Waals surface area contributed by atoms with Crippen molar-refractivity contribution < 1.29 is 12.8 Å². The number of nitrogens with one attached hydrogen (secondary N) is 1. The van der Waals surface area contributed by atoms with Gasteiger partial charge >= 0.3 is 0 Å². The Hall–Kier alpha value is -1.60. The number of aromatic nitrogens is 2. The van der Waals surface area contributed by atoms with Crippen molar-refractivity contribution in [3.63, 3.8) is 0 Å². The molecule has 0 bridgehead atoms. The highest BCUT2D eigenvalue weighted by Crippen LogP contribution is 2.20. The molecule has 2 aromatic heterocycles. The van der Waals surface area contributed by atoms with Crippen molar-refractivity contribution in [3.05, 3.63) is 42.4 Å². The second-order valence-corrected chi connectivity index (χ2v) is 6.69. The van der Waals surface area contributed by atoms with Gasteiger partial charge in [-0.2, -0.15) is 0 Å². The van der Waals surface area contributed by atoms with Crippen molar-refractivity contribution in [3.8, 4) is 0 Å². The fourth-order valence-corrected chi connectivity index (χ4v) is 2.31. The Labute approximate surface area is 112 Å². The van der Waals surface area contributed by atoms with E-state index in [1.54, 1.807) is 18.5 Å². The van der Waals surface area contributed by atoms with Crippen molar-refractivity contribution >= 4 is 9.84 Å². The van der Waals surface area contributed by atoms with Crippen LogP contribution in [0.2, 0.25) is 0 Å². The van der Waals surface area contributed by atoms with Gasteiger partial charge < -0.3 is 14.3 Å². The molecular weight excluding hydrogens is 266 g/mol. The molecule has 0 fully saturated rings. The molecule has 0 aliphatic rings. The summed E-state index contributed by atoms with van der Waals surface area (Å²) in [6.45, 7) is 0.344. The monoisotopic (exact) mass is 283 g/mol. The number of aryl methyl sites for hydroxylation is 1. The van der Waals surface area contributed by atoms with Crippen LogP contribution < -0.4 is 5.32 Å². The third kappa shape index (κ3) is 3.68. The fourth-order valence-electron chi connectivity index (χ4n) is 1.82. The van der Waals surface area contributed by atoms with Crippen LogP contribution in [0.15, 0.2) is 35.2 Å². The molecule has 0 aliphatic heterocycles. The molecule has 1 atom stereocenters. The van der Waals surface area contributed by atoms with Gasteiger partial charge in [-0.1, -0.05) is 0 Å². The third-order valence-corrected chi connectivity index (χ3v) is 3.71. The standard InChI is InChI=1S/C12H17N3O3S/c1-15-7-5-14-12(15)11(10-4-3-8-18-10)13-6-9-19(2,16)17/h3-5,7-8,11,13H,6,9H2,1-2H3. The Bertz CT molecular complexity index is 616. The van der Waals surface area contributed by atoms with Crippen LogP contribution in [0.3, 0.4) is 0 Å². The van der Waals surface area contributed by atoms with E-state index in [1.165, 1.54) is 6.26 Å². The van der Waals surface area contributed by atoms with E-state index in [4.69, 9.17) is 4.42 Å². The van der Waals surface area contributed by atoms with Gasteiger partial charge in [0, 0.05) is 32.2 Å². The maximum atomic E-state index is 11.2. The van der Waals surface area contributed by atoms with Crippen molar-refractivity contribution in [2.75, 3.05) is 18.6 Å². The highest BCUT2D eigenvalue weighted by atomic mass is 32.2. The van der Waals surface area contributed by atoms with Crippen LogP contribution in [0.1, 0.15) is 17.6 Å². The Morgan fingerprint density at radius 1 is 1.53 bits per heavy atom. The second kappa shape index (κ2) is 5.58. The van der Waals surface area contributed by atoms with Gasteiger partial charge in [-0.05, 0) is 12.1 Å². The van der Waals surface area contributed by atoms with Gasteiger partial charge in [-0.3, -0.25) is 0 Å². The number of imidazole rings is 1. The van der Waals surface area contributed by atoms with Gasteiger partial charge in [-0.15, -0.1) is 0 Å². The van der Waals surface area contributed by atoms with Crippen molar-refractivity contribution in [1.29, 1.82) is 0 Å². The van der Waals surface area contributed by atoms with Crippen LogP contribution in [0.25, 0.3) is 0 Å². The first kappa shape index (κ1) is 13.8. The topological polar surface area (TPSA) is 77.1 Å². The first-order valence-corrected chi connectivity index (χ1v) is 7.95. The average Bonchev–Trinajstić information content (AvgIpc) is 2.94. The number of hydrogen-bond donors (Lipinski definition) is 1. The molecule has 1 N–H and O–H groups in total. The fraction of sp³-hybridized carbons (Fsp3) is 0.417. The Morgan fingerprint density at radius 3 is 2.84 bits per heavy atom. The SMILES string of the molecule is Cn1ccnc1C(NCCS(C)(=O)=O)c1ccco1. The van der Waals surface area contributed by atoms with Gasteiger partial charge in [0.1, 0.15) is 27.5 Å². The molecule has 0 radical (unpaired) electrons. The maximum absolute atomic E-state index is 11.2.